The largest absolute Gasteiger partial charge is 0.507 e. The molecule has 0 saturated carbocycles. The Morgan fingerprint density at radius 2 is 1.88 bits per heavy atom. The number of ketones is 1. The summed E-state index contributed by atoms with van der Waals surface area (Å²) in [5.74, 6) is -1.88. The summed E-state index contributed by atoms with van der Waals surface area (Å²) < 4.78 is 20.5. The Morgan fingerprint density at radius 1 is 1.12 bits per heavy atom. The second-order valence-corrected chi connectivity index (χ2v) is 8.40. The Bertz CT molecular complexity index is 1030. The average Bonchev–Trinajstić information content (AvgIpc) is 3.04. The normalized spacial score (nSPS) is 17.7. The molecule has 0 aliphatic carbocycles. The fraction of sp³-hybridized carbons (Fsp3) is 0.385. The zero-order valence-electron chi connectivity index (χ0n) is 19.4. The minimum atomic E-state index is -1.00. The second-order valence-electron chi connectivity index (χ2n) is 8.40. The van der Waals surface area contributed by atoms with E-state index in [4.69, 9.17) is 4.74 Å². The van der Waals surface area contributed by atoms with Crippen LogP contribution in [-0.4, -0.2) is 60.4 Å². The Kier molecular flexibility index (Phi) is 8.22. The van der Waals surface area contributed by atoms with Crippen LogP contribution in [0.25, 0.3) is 5.76 Å². The molecule has 1 saturated heterocycles. The van der Waals surface area contributed by atoms with E-state index in [1.165, 1.54) is 11.0 Å². The van der Waals surface area contributed by atoms with E-state index in [1.807, 2.05) is 19.0 Å². The molecular formula is C26H31FN2O4. The first-order valence-corrected chi connectivity index (χ1v) is 11.3. The molecule has 2 aromatic rings. The lowest BCUT2D eigenvalue weighted by molar-refractivity contribution is -0.140. The summed E-state index contributed by atoms with van der Waals surface area (Å²) in [6, 6.07) is 11.8. The van der Waals surface area contributed by atoms with Crippen molar-refractivity contribution in [2.24, 2.45) is 0 Å². The van der Waals surface area contributed by atoms with Gasteiger partial charge in [-0.3, -0.25) is 9.59 Å². The van der Waals surface area contributed by atoms with E-state index in [-0.39, 0.29) is 23.4 Å². The maximum Gasteiger partial charge on any atom is 0.295 e. The highest BCUT2D eigenvalue weighted by Gasteiger charge is 2.46. The Morgan fingerprint density at radius 3 is 2.58 bits per heavy atom. The summed E-state index contributed by atoms with van der Waals surface area (Å²) in [4.78, 5) is 29.3. The van der Waals surface area contributed by atoms with Crippen LogP contribution < -0.4 is 4.74 Å². The number of halogens is 1. The summed E-state index contributed by atoms with van der Waals surface area (Å²) in [6.45, 7) is 3.56. The van der Waals surface area contributed by atoms with Crippen LogP contribution in [0, 0.1) is 5.82 Å². The number of carbonyl (C=O) groups excluding carboxylic acids is 2. The maximum absolute atomic E-state index is 14.8. The number of rotatable bonds is 10. The van der Waals surface area contributed by atoms with Crippen molar-refractivity contribution in [3.8, 4) is 5.75 Å². The predicted molar refractivity (Wildman–Crippen MR) is 125 cm³/mol. The zero-order chi connectivity index (χ0) is 24.0. The number of ether oxygens (including phenoxy) is 1. The van der Waals surface area contributed by atoms with Crippen LogP contribution in [0.2, 0.25) is 0 Å². The van der Waals surface area contributed by atoms with Crippen LogP contribution in [-0.2, 0) is 9.59 Å². The van der Waals surface area contributed by atoms with Crippen molar-refractivity contribution >= 4 is 17.4 Å². The van der Waals surface area contributed by atoms with E-state index < -0.39 is 23.5 Å². The molecule has 1 heterocycles. The van der Waals surface area contributed by atoms with Crippen LogP contribution >= 0.6 is 0 Å². The number of aliphatic hydroxyl groups is 1. The van der Waals surface area contributed by atoms with Gasteiger partial charge in [0.05, 0.1) is 18.2 Å². The van der Waals surface area contributed by atoms with Gasteiger partial charge < -0.3 is 19.6 Å². The average molecular weight is 455 g/mol. The molecular weight excluding hydrogens is 423 g/mol. The maximum atomic E-state index is 14.8. The second kappa shape index (κ2) is 11.1. The van der Waals surface area contributed by atoms with Crippen LogP contribution in [0.4, 0.5) is 4.39 Å². The lowest BCUT2D eigenvalue weighted by Crippen LogP contribution is -2.32. The number of unbranched alkanes of at least 4 members (excludes halogenated alkanes) is 1. The van der Waals surface area contributed by atoms with Crippen molar-refractivity contribution in [2.75, 3.05) is 33.8 Å². The van der Waals surface area contributed by atoms with Gasteiger partial charge in [0.25, 0.3) is 11.7 Å². The van der Waals surface area contributed by atoms with Gasteiger partial charge in [-0.05, 0) is 51.7 Å². The van der Waals surface area contributed by atoms with E-state index in [0.717, 1.165) is 12.8 Å². The predicted octanol–water partition coefficient (Wildman–Crippen LogP) is 4.38. The number of hydrogen-bond donors (Lipinski definition) is 1. The highest BCUT2D eigenvalue weighted by molar-refractivity contribution is 6.46. The number of Topliss-reactive ketones (excluding diaryl/α,β-unsaturated/α-hetero) is 1. The lowest BCUT2D eigenvalue weighted by Gasteiger charge is -2.26. The van der Waals surface area contributed by atoms with Crippen molar-refractivity contribution in [3.05, 3.63) is 71.0 Å². The third-order valence-corrected chi connectivity index (χ3v) is 5.62. The van der Waals surface area contributed by atoms with Gasteiger partial charge >= 0.3 is 0 Å². The molecule has 176 valence electrons. The topological polar surface area (TPSA) is 70.1 Å². The number of carbonyl (C=O) groups is 2. The van der Waals surface area contributed by atoms with E-state index in [2.05, 4.69) is 6.92 Å². The number of likely N-dealkylation sites (tertiary alicyclic amines) is 1. The molecule has 0 aromatic heterocycles. The van der Waals surface area contributed by atoms with Crippen LogP contribution in [0.3, 0.4) is 0 Å². The van der Waals surface area contributed by atoms with E-state index >= 15 is 0 Å². The van der Waals surface area contributed by atoms with Crippen molar-refractivity contribution in [2.45, 2.75) is 32.2 Å². The standard InChI is InChI=1S/C26H31FN2O4/c1-4-5-16-33-19-11-8-10-18(17-19)24(30)22-23(20-12-6-7-13-21(20)27)29(26(32)25(22)31)15-9-14-28(2)3/h6-8,10-13,17,23,30H,4-5,9,14-16H2,1-3H3/b24-22+. The summed E-state index contributed by atoms with van der Waals surface area (Å²) in [5.41, 5.74) is 0.413. The minimum Gasteiger partial charge on any atom is -0.507 e. The third-order valence-electron chi connectivity index (χ3n) is 5.62. The minimum absolute atomic E-state index is 0.110. The van der Waals surface area contributed by atoms with Gasteiger partial charge in [-0.2, -0.15) is 0 Å². The first-order chi connectivity index (χ1) is 15.8. The van der Waals surface area contributed by atoms with Crippen molar-refractivity contribution in [1.82, 2.24) is 9.80 Å². The molecule has 1 atom stereocenters. The van der Waals surface area contributed by atoms with E-state index in [1.54, 1.807) is 42.5 Å². The number of hydrogen-bond acceptors (Lipinski definition) is 5. The molecule has 1 fully saturated rings. The van der Waals surface area contributed by atoms with Crippen LogP contribution in [0.1, 0.15) is 43.4 Å². The highest BCUT2D eigenvalue weighted by Crippen LogP contribution is 2.40. The molecule has 6 nitrogen and oxygen atoms in total. The number of benzene rings is 2. The highest BCUT2D eigenvalue weighted by atomic mass is 19.1. The molecule has 2 aromatic carbocycles. The first kappa shape index (κ1) is 24.5. The van der Waals surface area contributed by atoms with Gasteiger partial charge in [0, 0.05) is 17.7 Å². The van der Waals surface area contributed by atoms with Crippen molar-refractivity contribution in [3.63, 3.8) is 0 Å². The van der Waals surface area contributed by atoms with Gasteiger partial charge in [0.2, 0.25) is 0 Å². The zero-order valence-corrected chi connectivity index (χ0v) is 19.4. The molecule has 33 heavy (non-hydrogen) atoms. The quantitative estimate of drug-likeness (QED) is 0.250. The smallest absolute Gasteiger partial charge is 0.295 e. The van der Waals surface area contributed by atoms with E-state index in [0.29, 0.717) is 30.9 Å². The molecule has 0 spiro atoms. The van der Waals surface area contributed by atoms with E-state index in [9.17, 15) is 19.1 Å². The molecule has 0 radical (unpaired) electrons. The number of amides is 1. The fourth-order valence-electron chi connectivity index (χ4n) is 3.91. The molecule has 1 unspecified atom stereocenters. The number of nitrogens with zero attached hydrogens (tertiary/aromatic N) is 2. The molecule has 7 heteroatoms. The van der Waals surface area contributed by atoms with Crippen LogP contribution in [0.15, 0.2) is 54.1 Å². The SMILES string of the molecule is CCCCOc1cccc(/C(O)=C2\C(=O)C(=O)N(CCCN(C)C)C2c2ccccc2F)c1. The molecule has 1 aliphatic heterocycles. The van der Waals surface area contributed by atoms with Gasteiger partial charge in [-0.15, -0.1) is 0 Å². The monoisotopic (exact) mass is 454 g/mol. The molecule has 1 amide bonds. The van der Waals surface area contributed by atoms with Gasteiger partial charge in [0.15, 0.2) is 0 Å². The summed E-state index contributed by atoms with van der Waals surface area (Å²) in [7, 11) is 3.83. The molecule has 3 rings (SSSR count). The molecule has 1 aliphatic rings. The first-order valence-electron chi connectivity index (χ1n) is 11.3. The summed E-state index contributed by atoms with van der Waals surface area (Å²) >= 11 is 0. The van der Waals surface area contributed by atoms with Crippen molar-refractivity contribution in [1.29, 1.82) is 0 Å². The summed E-state index contributed by atoms with van der Waals surface area (Å²) in [6.07, 6.45) is 2.48. The Balaban J connectivity index is 2.04. The summed E-state index contributed by atoms with van der Waals surface area (Å²) in [5, 5.41) is 11.2. The lowest BCUT2D eigenvalue weighted by atomic mass is 9.95. The van der Waals surface area contributed by atoms with Crippen LogP contribution in [0.5, 0.6) is 5.75 Å². The number of aliphatic hydroxyl groups excluding tert-OH is 1. The molecule has 0 bridgehead atoms. The fourth-order valence-corrected chi connectivity index (χ4v) is 3.91. The Hall–Kier alpha value is -3.19. The van der Waals surface area contributed by atoms with Gasteiger partial charge in [-0.1, -0.05) is 43.7 Å². The van der Waals surface area contributed by atoms with Gasteiger partial charge in [0.1, 0.15) is 17.3 Å². The molecule has 1 N–H and O–H groups in total. The van der Waals surface area contributed by atoms with Crippen molar-refractivity contribution < 1.29 is 23.8 Å². The third kappa shape index (κ3) is 5.60. The van der Waals surface area contributed by atoms with Gasteiger partial charge in [-0.25, -0.2) is 4.39 Å². The Labute approximate surface area is 194 Å².